The first-order valence-corrected chi connectivity index (χ1v) is 10.4. The molecule has 2 amide bonds. The molecular formula is C24H27ClN3O2+. The minimum atomic E-state index is -0.223. The van der Waals surface area contributed by atoms with Crippen LogP contribution in [-0.2, 0) is 16.0 Å². The van der Waals surface area contributed by atoms with Crippen molar-refractivity contribution >= 4 is 34.2 Å². The van der Waals surface area contributed by atoms with E-state index in [0.29, 0.717) is 11.6 Å². The number of carbonyl (C=O) groups is 2. The predicted molar refractivity (Wildman–Crippen MR) is 121 cm³/mol. The fraction of sp³-hybridized carbons (Fsp3) is 0.250. The van der Waals surface area contributed by atoms with Gasteiger partial charge < -0.3 is 15.5 Å². The Morgan fingerprint density at radius 2 is 1.60 bits per heavy atom. The first kappa shape index (κ1) is 21.8. The standard InChI is InChI=1S/C24H26ClN3O2/c1-28(2)22(20-12-5-6-13-21(20)25)15-26-24(30)16-27-23(29)14-18-10-7-9-17-8-3-4-11-19(17)18/h3-13,22H,14-16H2,1-2H3,(H,26,30)(H,27,29)/p+1/t22-/m1/s1. The summed E-state index contributed by atoms with van der Waals surface area (Å²) >= 11 is 6.32. The van der Waals surface area contributed by atoms with Gasteiger partial charge in [-0.25, -0.2) is 0 Å². The molecule has 0 fully saturated rings. The quantitative estimate of drug-likeness (QED) is 0.519. The van der Waals surface area contributed by atoms with Crippen molar-refractivity contribution < 1.29 is 14.5 Å². The van der Waals surface area contributed by atoms with E-state index >= 15 is 0 Å². The number of hydrogen-bond donors (Lipinski definition) is 3. The maximum Gasteiger partial charge on any atom is 0.239 e. The molecule has 6 heteroatoms. The molecule has 0 aliphatic rings. The number of nitrogens with one attached hydrogen (secondary N) is 3. The monoisotopic (exact) mass is 424 g/mol. The van der Waals surface area contributed by atoms with Gasteiger partial charge in [-0.1, -0.05) is 72.3 Å². The van der Waals surface area contributed by atoms with Crippen LogP contribution in [0.2, 0.25) is 5.02 Å². The van der Waals surface area contributed by atoms with Gasteiger partial charge >= 0.3 is 0 Å². The Kier molecular flexibility index (Phi) is 7.44. The highest BCUT2D eigenvalue weighted by molar-refractivity contribution is 6.31. The summed E-state index contributed by atoms with van der Waals surface area (Å²) in [7, 11) is 4.04. The summed E-state index contributed by atoms with van der Waals surface area (Å²) in [6, 6.07) is 21.5. The topological polar surface area (TPSA) is 62.6 Å². The highest BCUT2D eigenvalue weighted by atomic mass is 35.5. The van der Waals surface area contributed by atoms with Crippen LogP contribution in [0.1, 0.15) is 17.2 Å². The lowest BCUT2D eigenvalue weighted by Crippen LogP contribution is -3.07. The zero-order chi connectivity index (χ0) is 21.5. The van der Waals surface area contributed by atoms with Crippen molar-refractivity contribution in [1.82, 2.24) is 10.6 Å². The summed E-state index contributed by atoms with van der Waals surface area (Å²) in [4.78, 5) is 25.8. The third-order valence-corrected chi connectivity index (χ3v) is 5.50. The van der Waals surface area contributed by atoms with Crippen LogP contribution in [0.3, 0.4) is 0 Å². The Bertz CT molecular complexity index is 1030. The average molecular weight is 425 g/mol. The molecule has 3 aromatic carbocycles. The molecule has 0 spiro atoms. The van der Waals surface area contributed by atoms with Gasteiger partial charge in [-0.3, -0.25) is 9.59 Å². The normalized spacial score (nSPS) is 12.0. The van der Waals surface area contributed by atoms with Crippen LogP contribution in [0.15, 0.2) is 66.7 Å². The predicted octanol–water partition coefficient (Wildman–Crippen LogP) is 2.15. The zero-order valence-electron chi connectivity index (χ0n) is 17.2. The van der Waals surface area contributed by atoms with Crippen molar-refractivity contribution in [3.8, 4) is 0 Å². The smallest absolute Gasteiger partial charge is 0.239 e. The largest absolute Gasteiger partial charge is 0.348 e. The second-order valence-electron chi connectivity index (χ2n) is 7.55. The minimum Gasteiger partial charge on any atom is -0.348 e. The van der Waals surface area contributed by atoms with E-state index in [-0.39, 0.29) is 30.8 Å². The summed E-state index contributed by atoms with van der Waals surface area (Å²) < 4.78 is 0. The molecule has 0 heterocycles. The first-order chi connectivity index (χ1) is 14.5. The van der Waals surface area contributed by atoms with E-state index in [9.17, 15) is 9.59 Å². The zero-order valence-corrected chi connectivity index (χ0v) is 18.0. The summed E-state index contributed by atoms with van der Waals surface area (Å²) in [6.07, 6.45) is 0.235. The van der Waals surface area contributed by atoms with Gasteiger partial charge in [0.1, 0.15) is 6.04 Å². The van der Waals surface area contributed by atoms with Crippen molar-refractivity contribution in [3.05, 3.63) is 82.9 Å². The number of halogens is 1. The second-order valence-corrected chi connectivity index (χ2v) is 7.95. The number of benzene rings is 3. The van der Waals surface area contributed by atoms with Crippen LogP contribution < -0.4 is 15.5 Å². The Balaban J connectivity index is 1.52. The number of fused-ring (bicyclic) bond motifs is 1. The van der Waals surface area contributed by atoms with Crippen LogP contribution in [0, 0.1) is 0 Å². The van der Waals surface area contributed by atoms with Crippen molar-refractivity contribution in [2.75, 3.05) is 27.2 Å². The number of carbonyl (C=O) groups excluding carboxylic acids is 2. The van der Waals surface area contributed by atoms with Gasteiger partial charge in [0, 0.05) is 10.6 Å². The van der Waals surface area contributed by atoms with Crippen molar-refractivity contribution in [2.45, 2.75) is 12.5 Å². The third kappa shape index (κ3) is 5.59. The molecule has 156 valence electrons. The number of amides is 2. The van der Waals surface area contributed by atoms with Crippen molar-refractivity contribution in [1.29, 1.82) is 0 Å². The van der Waals surface area contributed by atoms with E-state index in [0.717, 1.165) is 26.8 Å². The van der Waals surface area contributed by atoms with Gasteiger partial charge in [0.25, 0.3) is 0 Å². The van der Waals surface area contributed by atoms with Gasteiger partial charge in [0.2, 0.25) is 11.8 Å². The molecule has 3 aromatic rings. The maximum atomic E-state index is 12.4. The molecule has 1 atom stereocenters. The van der Waals surface area contributed by atoms with Crippen LogP contribution in [0.4, 0.5) is 0 Å². The highest BCUT2D eigenvalue weighted by Crippen LogP contribution is 2.20. The van der Waals surface area contributed by atoms with Gasteiger partial charge in [-0.05, 0) is 22.4 Å². The lowest BCUT2D eigenvalue weighted by molar-refractivity contribution is -0.890. The van der Waals surface area contributed by atoms with Crippen molar-refractivity contribution in [3.63, 3.8) is 0 Å². The Morgan fingerprint density at radius 3 is 2.37 bits per heavy atom. The molecule has 0 aliphatic carbocycles. The summed E-state index contributed by atoms with van der Waals surface area (Å²) in [6.45, 7) is 0.381. The molecule has 3 rings (SSSR count). The third-order valence-electron chi connectivity index (χ3n) is 5.16. The van der Waals surface area contributed by atoms with Gasteiger partial charge in [0.15, 0.2) is 0 Å². The van der Waals surface area contributed by atoms with Crippen LogP contribution in [0.25, 0.3) is 10.8 Å². The van der Waals surface area contributed by atoms with E-state index < -0.39 is 0 Å². The van der Waals surface area contributed by atoms with Crippen molar-refractivity contribution in [2.24, 2.45) is 0 Å². The fourth-order valence-corrected chi connectivity index (χ4v) is 3.79. The number of quaternary nitrogens is 1. The molecule has 0 bridgehead atoms. The van der Waals surface area contributed by atoms with Gasteiger partial charge in [-0.15, -0.1) is 0 Å². The number of likely N-dealkylation sites (N-methyl/N-ethyl adjacent to an activating group) is 1. The molecule has 0 aromatic heterocycles. The molecule has 0 unspecified atom stereocenters. The lowest BCUT2D eigenvalue weighted by Gasteiger charge is -2.23. The Labute approximate surface area is 182 Å². The molecule has 30 heavy (non-hydrogen) atoms. The SMILES string of the molecule is C[NH+](C)[C@H](CNC(=O)CNC(=O)Cc1cccc2ccccc12)c1ccccc1Cl. The van der Waals surface area contributed by atoms with Crippen LogP contribution in [-0.4, -0.2) is 39.0 Å². The van der Waals surface area contributed by atoms with E-state index in [2.05, 4.69) is 10.6 Å². The molecule has 0 aliphatic heterocycles. The van der Waals surface area contributed by atoms with E-state index in [4.69, 9.17) is 11.6 Å². The Morgan fingerprint density at radius 1 is 0.900 bits per heavy atom. The molecule has 0 saturated heterocycles. The second kappa shape index (κ2) is 10.2. The molecule has 3 N–H and O–H groups in total. The minimum absolute atomic E-state index is 0.0223. The van der Waals surface area contributed by atoms with Gasteiger partial charge in [-0.2, -0.15) is 0 Å². The lowest BCUT2D eigenvalue weighted by atomic mass is 10.0. The van der Waals surface area contributed by atoms with E-state index in [1.165, 1.54) is 0 Å². The van der Waals surface area contributed by atoms with Crippen LogP contribution >= 0.6 is 11.6 Å². The molecular weight excluding hydrogens is 398 g/mol. The average Bonchev–Trinajstić information content (AvgIpc) is 2.74. The Hall–Kier alpha value is -2.89. The molecule has 0 radical (unpaired) electrons. The summed E-state index contributed by atoms with van der Waals surface area (Å²) in [5.74, 6) is -0.401. The summed E-state index contributed by atoms with van der Waals surface area (Å²) in [5, 5.41) is 8.45. The van der Waals surface area contributed by atoms with E-state index in [1.807, 2.05) is 80.8 Å². The molecule has 5 nitrogen and oxygen atoms in total. The van der Waals surface area contributed by atoms with Crippen LogP contribution in [0.5, 0.6) is 0 Å². The van der Waals surface area contributed by atoms with E-state index in [1.54, 1.807) is 0 Å². The maximum absolute atomic E-state index is 12.4. The highest BCUT2D eigenvalue weighted by Gasteiger charge is 2.21. The van der Waals surface area contributed by atoms with Gasteiger partial charge in [0.05, 0.1) is 33.6 Å². The summed E-state index contributed by atoms with van der Waals surface area (Å²) in [5.41, 5.74) is 1.93. The molecule has 0 saturated carbocycles. The fourth-order valence-electron chi connectivity index (χ4n) is 3.52. The first-order valence-electron chi connectivity index (χ1n) is 10.00. The number of rotatable bonds is 8. The number of hydrogen-bond acceptors (Lipinski definition) is 2.